The third-order valence-corrected chi connectivity index (χ3v) is 7.05. The molecule has 3 aliphatic rings. The highest BCUT2D eigenvalue weighted by atomic mass is 16.6. The third kappa shape index (κ3) is 5.05. The Kier molecular flexibility index (Phi) is 6.22. The lowest BCUT2D eigenvalue weighted by molar-refractivity contribution is -0.129. The highest BCUT2D eigenvalue weighted by molar-refractivity contribution is 6.05. The van der Waals surface area contributed by atoms with Crippen molar-refractivity contribution in [1.82, 2.24) is 9.80 Å². The quantitative estimate of drug-likeness (QED) is 0.569. The number of methoxy groups -OCH3 is 1. The number of anilines is 1. The molecule has 2 saturated heterocycles. The molecule has 2 aromatic carbocycles. The number of hydrogen-bond donors (Lipinski definition) is 0. The van der Waals surface area contributed by atoms with Gasteiger partial charge >= 0.3 is 12.1 Å². The van der Waals surface area contributed by atoms with Gasteiger partial charge in [-0.3, -0.25) is 14.6 Å². The summed E-state index contributed by atoms with van der Waals surface area (Å²) in [5, 5.41) is 0. The number of carbonyl (C=O) groups excluding carboxylic acids is 3. The molecule has 4 amide bonds. The number of hydrogen-bond acceptors (Lipinski definition) is 5. The van der Waals surface area contributed by atoms with Crippen LogP contribution in [0.1, 0.15) is 44.7 Å². The van der Waals surface area contributed by atoms with Gasteiger partial charge in [0.15, 0.2) is 0 Å². The number of benzene rings is 2. The van der Waals surface area contributed by atoms with Crippen molar-refractivity contribution >= 4 is 29.3 Å². The average molecular weight is 504 g/mol. The van der Waals surface area contributed by atoms with Crippen molar-refractivity contribution < 1.29 is 23.9 Å². The first-order valence-electron chi connectivity index (χ1n) is 12.6. The monoisotopic (exact) mass is 503 g/mol. The molecule has 37 heavy (non-hydrogen) atoms. The van der Waals surface area contributed by atoms with E-state index in [0.717, 1.165) is 29.0 Å². The molecule has 0 N–H and O–H groups in total. The van der Waals surface area contributed by atoms with Gasteiger partial charge < -0.3 is 14.4 Å². The topological polar surface area (TPSA) is 79.4 Å². The van der Waals surface area contributed by atoms with Crippen LogP contribution in [-0.2, 0) is 16.1 Å². The summed E-state index contributed by atoms with van der Waals surface area (Å²) in [6.45, 7) is 7.58. The van der Waals surface area contributed by atoms with Crippen LogP contribution >= 0.6 is 0 Å². The molecular formula is C29H33N3O5. The standard InChI is InChI=1S/C29H33N3O5/c1-28(2,3)37-27(35)30-18-29(19-30)15-22(16-29)21-7-9-23(10-8-21)31-14-13-25(33)32(26(31)34)17-20-5-11-24(36-4)12-6-20/h5-12,15H,13-14,16-19H2,1-4H3. The summed E-state index contributed by atoms with van der Waals surface area (Å²) in [6.07, 6.45) is 3.20. The maximum atomic E-state index is 13.2. The molecule has 1 aliphatic carbocycles. The maximum absolute atomic E-state index is 13.2. The first-order valence-corrected chi connectivity index (χ1v) is 12.6. The first kappa shape index (κ1) is 24.9. The minimum atomic E-state index is -0.488. The SMILES string of the molecule is COc1ccc(CN2C(=O)CCN(c3ccc(C4=CC5(C4)CN(C(=O)OC(C)(C)C)C5)cc3)C2=O)cc1. The van der Waals surface area contributed by atoms with Crippen molar-refractivity contribution in [2.75, 3.05) is 31.6 Å². The molecule has 0 atom stereocenters. The second-order valence-corrected chi connectivity index (χ2v) is 11.1. The van der Waals surface area contributed by atoms with Crippen LogP contribution in [0.3, 0.4) is 0 Å². The Morgan fingerprint density at radius 3 is 2.24 bits per heavy atom. The van der Waals surface area contributed by atoms with E-state index < -0.39 is 5.60 Å². The van der Waals surface area contributed by atoms with E-state index in [9.17, 15) is 14.4 Å². The molecule has 2 aliphatic heterocycles. The molecule has 2 aromatic rings. The Bertz CT molecular complexity index is 1240. The summed E-state index contributed by atoms with van der Waals surface area (Å²) in [5.41, 5.74) is 3.56. The zero-order chi connectivity index (χ0) is 26.4. The lowest BCUT2D eigenvalue weighted by Crippen LogP contribution is -2.60. The zero-order valence-electron chi connectivity index (χ0n) is 21.8. The summed E-state index contributed by atoms with van der Waals surface area (Å²) in [5.74, 6) is 0.562. The normalized spacial score (nSPS) is 18.8. The number of imide groups is 1. The smallest absolute Gasteiger partial charge is 0.410 e. The van der Waals surface area contributed by atoms with Crippen LogP contribution in [0.2, 0.25) is 0 Å². The molecular weight excluding hydrogens is 470 g/mol. The summed E-state index contributed by atoms with van der Waals surface area (Å²) in [6, 6.07) is 15.0. The first-order chi connectivity index (χ1) is 17.6. The van der Waals surface area contributed by atoms with Crippen LogP contribution in [-0.4, -0.2) is 60.2 Å². The van der Waals surface area contributed by atoms with Crippen molar-refractivity contribution in [3.05, 3.63) is 65.7 Å². The molecule has 0 bridgehead atoms. The van der Waals surface area contributed by atoms with Gasteiger partial charge in [-0.15, -0.1) is 0 Å². The summed E-state index contributed by atoms with van der Waals surface area (Å²) >= 11 is 0. The highest BCUT2D eigenvalue weighted by Crippen LogP contribution is 2.50. The lowest BCUT2D eigenvalue weighted by Gasteiger charge is -2.53. The Morgan fingerprint density at radius 2 is 1.65 bits per heavy atom. The van der Waals surface area contributed by atoms with Crippen LogP contribution in [0.25, 0.3) is 5.57 Å². The summed E-state index contributed by atoms with van der Waals surface area (Å²) in [7, 11) is 1.60. The molecule has 8 nitrogen and oxygen atoms in total. The van der Waals surface area contributed by atoms with E-state index >= 15 is 0 Å². The van der Waals surface area contributed by atoms with Crippen LogP contribution in [0.4, 0.5) is 15.3 Å². The van der Waals surface area contributed by atoms with Gasteiger partial charge in [0.2, 0.25) is 5.91 Å². The Labute approximate surface area is 217 Å². The highest BCUT2D eigenvalue weighted by Gasteiger charge is 2.50. The third-order valence-electron chi connectivity index (χ3n) is 7.05. The number of ether oxygens (including phenoxy) is 2. The largest absolute Gasteiger partial charge is 0.497 e. The fourth-order valence-electron chi connectivity index (χ4n) is 5.13. The van der Waals surface area contributed by atoms with Gasteiger partial charge in [0, 0.05) is 37.2 Å². The number of amides is 4. The van der Waals surface area contributed by atoms with Crippen molar-refractivity contribution in [3.8, 4) is 5.75 Å². The molecule has 5 rings (SSSR count). The number of nitrogens with zero attached hydrogens (tertiary/aromatic N) is 3. The van der Waals surface area contributed by atoms with Gasteiger partial charge in [-0.1, -0.05) is 30.3 Å². The Morgan fingerprint density at radius 1 is 1.00 bits per heavy atom. The van der Waals surface area contributed by atoms with E-state index in [0.29, 0.717) is 19.6 Å². The van der Waals surface area contributed by atoms with Crippen molar-refractivity contribution in [3.63, 3.8) is 0 Å². The van der Waals surface area contributed by atoms with E-state index in [2.05, 4.69) is 6.08 Å². The van der Waals surface area contributed by atoms with Crippen molar-refractivity contribution in [1.29, 1.82) is 0 Å². The van der Waals surface area contributed by atoms with E-state index in [1.54, 1.807) is 16.9 Å². The average Bonchev–Trinajstić information content (AvgIpc) is 2.80. The minimum absolute atomic E-state index is 0.0517. The predicted octanol–water partition coefficient (Wildman–Crippen LogP) is 5.08. The number of allylic oxidation sites excluding steroid dienone is 1. The Hall–Kier alpha value is -3.81. The van der Waals surface area contributed by atoms with Crippen LogP contribution in [0.5, 0.6) is 5.75 Å². The van der Waals surface area contributed by atoms with E-state index in [1.807, 2.05) is 69.3 Å². The van der Waals surface area contributed by atoms with Crippen molar-refractivity contribution in [2.24, 2.45) is 5.41 Å². The van der Waals surface area contributed by atoms with Crippen LogP contribution in [0, 0.1) is 5.41 Å². The molecule has 0 aromatic heterocycles. The maximum Gasteiger partial charge on any atom is 0.410 e. The van der Waals surface area contributed by atoms with Gasteiger partial charge in [-0.25, -0.2) is 9.59 Å². The number of likely N-dealkylation sites (tertiary alicyclic amines) is 1. The molecule has 1 spiro atoms. The van der Waals surface area contributed by atoms with Gasteiger partial charge in [-0.2, -0.15) is 0 Å². The molecule has 0 unspecified atom stereocenters. The number of urea groups is 1. The number of rotatable bonds is 5. The van der Waals surface area contributed by atoms with Gasteiger partial charge in [0.25, 0.3) is 0 Å². The fraction of sp³-hybridized carbons (Fsp3) is 0.414. The molecule has 0 radical (unpaired) electrons. The van der Waals surface area contributed by atoms with E-state index in [-0.39, 0.29) is 36.4 Å². The molecule has 0 saturated carbocycles. The minimum Gasteiger partial charge on any atom is -0.497 e. The van der Waals surface area contributed by atoms with Crippen LogP contribution in [0.15, 0.2) is 54.6 Å². The molecule has 2 fully saturated rings. The molecule has 2 heterocycles. The van der Waals surface area contributed by atoms with Gasteiger partial charge in [0.1, 0.15) is 11.4 Å². The fourth-order valence-corrected chi connectivity index (χ4v) is 5.13. The molecule has 194 valence electrons. The molecule has 8 heteroatoms. The predicted molar refractivity (Wildman–Crippen MR) is 140 cm³/mol. The summed E-state index contributed by atoms with van der Waals surface area (Å²) < 4.78 is 10.6. The van der Waals surface area contributed by atoms with E-state index in [1.165, 1.54) is 10.5 Å². The zero-order valence-corrected chi connectivity index (χ0v) is 21.8. The second-order valence-electron chi connectivity index (χ2n) is 11.1. The van der Waals surface area contributed by atoms with Gasteiger partial charge in [0.05, 0.1) is 13.7 Å². The van der Waals surface area contributed by atoms with Gasteiger partial charge in [-0.05, 0) is 68.2 Å². The lowest BCUT2D eigenvalue weighted by atomic mass is 9.64. The van der Waals surface area contributed by atoms with E-state index in [4.69, 9.17) is 9.47 Å². The van der Waals surface area contributed by atoms with Crippen molar-refractivity contribution in [2.45, 2.75) is 45.8 Å². The Balaban J connectivity index is 1.20. The number of carbonyl (C=O) groups is 3. The van der Waals surface area contributed by atoms with Crippen LogP contribution < -0.4 is 9.64 Å². The summed E-state index contributed by atoms with van der Waals surface area (Å²) in [4.78, 5) is 42.7. The second kappa shape index (κ2) is 9.25.